The number of hydrogen-bond acceptors (Lipinski definition) is 2. The van der Waals surface area contributed by atoms with E-state index in [0.717, 1.165) is 25.0 Å². The van der Waals surface area contributed by atoms with Crippen LogP contribution < -0.4 is 5.73 Å². The fourth-order valence-corrected chi connectivity index (χ4v) is 2.41. The Balaban J connectivity index is 2.20. The average Bonchev–Trinajstić information content (AvgIpc) is 2.77. The minimum atomic E-state index is -0.807. The lowest BCUT2D eigenvalue weighted by molar-refractivity contribution is 0.0727. The summed E-state index contributed by atoms with van der Waals surface area (Å²) in [5.41, 5.74) is 5.43. The molecule has 1 aromatic rings. The molecule has 0 bridgehead atoms. The van der Waals surface area contributed by atoms with Crippen molar-refractivity contribution in [1.82, 2.24) is 4.90 Å². The molecule has 0 aliphatic carbocycles. The van der Waals surface area contributed by atoms with E-state index in [0.29, 0.717) is 19.5 Å². The largest absolute Gasteiger partial charge is 0.336 e. The third kappa shape index (κ3) is 2.51. The zero-order valence-corrected chi connectivity index (χ0v) is 10.0. The normalized spacial score (nSPS) is 19.3. The molecule has 2 N–H and O–H groups in total. The summed E-state index contributed by atoms with van der Waals surface area (Å²) in [4.78, 5) is 13.8. The van der Waals surface area contributed by atoms with E-state index in [1.807, 2.05) is 0 Å². The number of nitrogens with two attached hydrogens (primary N) is 1. The molecule has 1 unspecified atom stereocenters. The SMILES string of the molecule is NCCC1CCCN1C(=O)c1ccc(F)cc1F. The maximum atomic E-state index is 13.6. The predicted molar refractivity (Wildman–Crippen MR) is 64.1 cm³/mol. The molecule has 2 rings (SSSR count). The van der Waals surface area contributed by atoms with Crippen LogP contribution in [0.25, 0.3) is 0 Å². The van der Waals surface area contributed by atoms with Crippen molar-refractivity contribution in [2.75, 3.05) is 13.1 Å². The molecule has 1 fully saturated rings. The fourth-order valence-electron chi connectivity index (χ4n) is 2.41. The number of carbonyl (C=O) groups excluding carboxylic acids is 1. The van der Waals surface area contributed by atoms with E-state index in [1.54, 1.807) is 4.90 Å². The molecule has 1 heterocycles. The lowest BCUT2D eigenvalue weighted by Crippen LogP contribution is -2.37. The number of likely N-dealkylation sites (tertiary alicyclic amines) is 1. The van der Waals surface area contributed by atoms with Crippen molar-refractivity contribution in [3.05, 3.63) is 35.4 Å². The molecule has 0 saturated carbocycles. The molecule has 1 aromatic carbocycles. The Morgan fingerprint density at radius 2 is 2.22 bits per heavy atom. The molecule has 0 spiro atoms. The first kappa shape index (κ1) is 13.0. The van der Waals surface area contributed by atoms with Crippen LogP contribution in [0.1, 0.15) is 29.6 Å². The zero-order valence-electron chi connectivity index (χ0n) is 10.0. The predicted octanol–water partition coefficient (Wildman–Crippen LogP) is 1.92. The van der Waals surface area contributed by atoms with Crippen molar-refractivity contribution in [1.29, 1.82) is 0 Å². The van der Waals surface area contributed by atoms with E-state index in [-0.39, 0.29) is 17.5 Å². The standard InChI is InChI=1S/C13H16F2N2O/c14-9-3-4-11(12(15)8-9)13(18)17-7-1-2-10(17)5-6-16/h3-4,8,10H,1-2,5-7,16H2. The number of halogens is 2. The van der Waals surface area contributed by atoms with Crippen molar-refractivity contribution < 1.29 is 13.6 Å². The van der Waals surface area contributed by atoms with Gasteiger partial charge in [-0.3, -0.25) is 4.79 Å². The highest BCUT2D eigenvalue weighted by Crippen LogP contribution is 2.23. The number of hydrogen-bond donors (Lipinski definition) is 1. The highest BCUT2D eigenvalue weighted by Gasteiger charge is 2.30. The van der Waals surface area contributed by atoms with Crippen molar-refractivity contribution in [3.8, 4) is 0 Å². The molecule has 0 aromatic heterocycles. The molecule has 3 nitrogen and oxygen atoms in total. The number of benzene rings is 1. The van der Waals surface area contributed by atoms with Crippen LogP contribution >= 0.6 is 0 Å². The third-order valence-corrected chi connectivity index (χ3v) is 3.30. The lowest BCUT2D eigenvalue weighted by Gasteiger charge is -2.24. The zero-order chi connectivity index (χ0) is 13.1. The number of nitrogens with zero attached hydrogens (tertiary/aromatic N) is 1. The van der Waals surface area contributed by atoms with E-state index in [1.165, 1.54) is 6.07 Å². The maximum absolute atomic E-state index is 13.6. The Bertz CT molecular complexity index is 451. The summed E-state index contributed by atoms with van der Waals surface area (Å²) in [7, 11) is 0. The highest BCUT2D eigenvalue weighted by molar-refractivity contribution is 5.94. The minimum Gasteiger partial charge on any atom is -0.336 e. The second-order valence-electron chi connectivity index (χ2n) is 4.50. The quantitative estimate of drug-likeness (QED) is 0.895. The van der Waals surface area contributed by atoms with Gasteiger partial charge in [-0.1, -0.05) is 0 Å². The molecule has 18 heavy (non-hydrogen) atoms. The van der Waals surface area contributed by atoms with Gasteiger partial charge < -0.3 is 10.6 Å². The number of carbonyl (C=O) groups is 1. The van der Waals surface area contributed by atoms with Crippen LogP contribution in [0.5, 0.6) is 0 Å². The van der Waals surface area contributed by atoms with Gasteiger partial charge in [0, 0.05) is 18.7 Å². The summed E-state index contributed by atoms with van der Waals surface area (Å²) in [6.45, 7) is 1.11. The maximum Gasteiger partial charge on any atom is 0.257 e. The van der Waals surface area contributed by atoms with Crippen LogP contribution in [0.4, 0.5) is 8.78 Å². The topological polar surface area (TPSA) is 46.3 Å². The Morgan fingerprint density at radius 3 is 2.89 bits per heavy atom. The van der Waals surface area contributed by atoms with Crippen LogP contribution in [0.15, 0.2) is 18.2 Å². The number of amides is 1. The first-order valence-corrected chi connectivity index (χ1v) is 6.09. The molecular weight excluding hydrogens is 238 g/mol. The molecule has 1 aliphatic rings. The van der Waals surface area contributed by atoms with Gasteiger partial charge >= 0.3 is 0 Å². The average molecular weight is 254 g/mol. The monoisotopic (exact) mass is 254 g/mol. The lowest BCUT2D eigenvalue weighted by atomic mass is 10.1. The summed E-state index contributed by atoms with van der Waals surface area (Å²) in [6.07, 6.45) is 2.51. The summed E-state index contributed by atoms with van der Waals surface area (Å²) in [5, 5.41) is 0. The van der Waals surface area contributed by atoms with Gasteiger partial charge in [-0.25, -0.2) is 8.78 Å². The van der Waals surface area contributed by atoms with Crippen molar-refractivity contribution in [2.24, 2.45) is 5.73 Å². The van der Waals surface area contributed by atoms with E-state index in [4.69, 9.17) is 5.73 Å². The Labute approximate surface area is 105 Å². The van der Waals surface area contributed by atoms with Crippen molar-refractivity contribution in [2.45, 2.75) is 25.3 Å². The second kappa shape index (κ2) is 5.44. The Morgan fingerprint density at radius 1 is 1.44 bits per heavy atom. The molecular formula is C13H16F2N2O. The van der Waals surface area contributed by atoms with Crippen molar-refractivity contribution in [3.63, 3.8) is 0 Å². The Hall–Kier alpha value is -1.49. The van der Waals surface area contributed by atoms with Crippen LogP contribution in [-0.2, 0) is 0 Å². The molecule has 1 atom stereocenters. The van der Waals surface area contributed by atoms with Gasteiger partial charge in [-0.15, -0.1) is 0 Å². The van der Waals surface area contributed by atoms with Gasteiger partial charge in [0.05, 0.1) is 5.56 Å². The van der Waals surface area contributed by atoms with Crippen LogP contribution in [0.3, 0.4) is 0 Å². The van der Waals surface area contributed by atoms with Crippen LogP contribution in [-0.4, -0.2) is 29.9 Å². The summed E-state index contributed by atoms with van der Waals surface area (Å²) in [5.74, 6) is -1.86. The summed E-state index contributed by atoms with van der Waals surface area (Å²) >= 11 is 0. The van der Waals surface area contributed by atoms with Gasteiger partial charge in [0.2, 0.25) is 0 Å². The smallest absolute Gasteiger partial charge is 0.257 e. The third-order valence-electron chi connectivity index (χ3n) is 3.30. The summed E-state index contributed by atoms with van der Waals surface area (Å²) in [6, 6.07) is 3.11. The van der Waals surface area contributed by atoms with E-state index in [2.05, 4.69) is 0 Å². The van der Waals surface area contributed by atoms with Crippen LogP contribution in [0, 0.1) is 11.6 Å². The first-order valence-electron chi connectivity index (χ1n) is 6.09. The molecule has 5 heteroatoms. The number of rotatable bonds is 3. The van der Waals surface area contributed by atoms with E-state index in [9.17, 15) is 13.6 Å². The highest BCUT2D eigenvalue weighted by atomic mass is 19.1. The van der Waals surface area contributed by atoms with Gasteiger partial charge in [-0.2, -0.15) is 0 Å². The van der Waals surface area contributed by atoms with E-state index < -0.39 is 11.6 Å². The van der Waals surface area contributed by atoms with Crippen LogP contribution in [0.2, 0.25) is 0 Å². The molecule has 1 aliphatic heterocycles. The fraction of sp³-hybridized carbons (Fsp3) is 0.462. The summed E-state index contributed by atoms with van der Waals surface area (Å²) < 4.78 is 26.4. The Kier molecular flexibility index (Phi) is 3.91. The molecule has 98 valence electrons. The van der Waals surface area contributed by atoms with Gasteiger partial charge in [0.25, 0.3) is 5.91 Å². The van der Waals surface area contributed by atoms with E-state index >= 15 is 0 Å². The molecule has 0 radical (unpaired) electrons. The van der Waals surface area contributed by atoms with Gasteiger partial charge in [0.15, 0.2) is 0 Å². The van der Waals surface area contributed by atoms with Crippen molar-refractivity contribution >= 4 is 5.91 Å². The van der Waals surface area contributed by atoms with Gasteiger partial charge in [0.1, 0.15) is 11.6 Å². The second-order valence-corrected chi connectivity index (χ2v) is 4.50. The molecule has 1 amide bonds. The minimum absolute atomic E-state index is 0.0691. The molecule has 1 saturated heterocycles. The van der Waals surface area contributed by atoms with Gasteiger partial charge in [-0.05, 0) is 37.9 Å². The first-order chi connectivity index (χ1) is 8.63.